The van der Waals surface area contributed by atoms with E-state index in [0.717, 1.165) is 30.1 Å². The van der Waals surface area contributed by atoms with Crippen molar-refractivity contribution in [1.29, 1.82) is 0 Å². The van der Waals surface area contributed by atoms with Gasteiger partial charge in [0.15, 0.2) is 0 Å². The quantitative estimate of drug-likeness (QED) is 0.678. The molecule has 2 aliphatic rings. The first kappa shape index (κ1) is 22.2. The lowest BCUT2D eigenvalue weighted by molar-refractivity contribution is -0.126. The second-order valence-electron chi connectivity index (χ2n) is 9.09. The van der Waals surface area contributed by atoms with Crippen LogP contribution in [0.1, 0.15) is 65.0 Å². The zero-order valence-corrected chi connectivity index (χ0v) is 18.8. The van der Waals surface area contributed by atoms with E-state index < -0.39 is 17.9 Å². The van der Waals surface area contributed by atoms with Crippen molar-refractivity contribution in [3.8, 4) is 0 Å². The molecular weight excluding hydrogens is 402 g/mol. The average molecular weight is 434 g/mol. The highest BCUT2D eigenvalue weighted by atomic mass is 16.2. The molecule has 2 heterocycles. The molecule has 6 nitrogen and oxygen atoms in total. The second-order valence-corrected chi connectivity index (χ2v) is 9.09. The van der Waals surface area contributed by atoms with E-state index in [4.69, 9.17) is 0 Å². The Kier molecular flexibility index (Phi) is 6.70. The number of nitrogens with zero attached hydrogens (tertiary/aromatic N) is 2. The molecule has 2 aliphatic heterocycles. The van der Waals surface area contributed by atoms with Crippen LogP contribution >= 0.6 is 0 Å². The van der Waals surface area contributed by atoms with Crippen LogP contribution in [0, 0.1) is 5.92 Å². The van der Waals surface area contributed by atoms with Crippen molar-refractivity contribution in [2.45, 2.75) is 52.2 Å². The number of rotatable bonds is 7. The molecule has 1 fully saturated rings. The number of hydrogen-bond acceptors (Lipinski definition) is 4. The van der Waals surface area contributed by atoms with Crippen molar-refractivity contribution in [3.63, 3.8) is 0 Å². The summed E-state index contributed by atoms with van der Waals surface area (Å²) in [6.07, 6.45) is 3.87. The molecule has 1 atom stereocenters. The molecule has 168 valence electrons. The molecule has 2 aromatic rings. The summed E-state index contributed by atoms with van der Waals surface area (Å²) in [4.78, 5) is 42.4. The van der Waals surface area contributed by atoms with E-state index in [1.54, 1.807) is 24.3 Å². The van der Waals surface area contributed by atoms with Crippen LogP contribution in [0.4, 0.5) is 0 Å². The van der Waals surface area contributed by atoms with Gasteiger partial charge in [-0.25, -0.2) is 0 Å². The Labute approximate surface area is 189 Å². The highest BCUT2D eigenvalue weighted by Crippen LogP contribution is 2.27. The smallest absolute Gasteiger partial charge is 0.262 e. The minimum absolute atomic E-state index is 0.205. The predicted octanol–water partition coefficient (Wildman–Crippen LogP) is 3.61. The van der Waals surface area contributed by atoms with Gasteiger partial charge in [0.1, 0.15) is 6.04 Å². The van der Waals surface area contributed by atoms with Gasteiger partial charge in [0.2, 0.25) is 5.91 Å². The summed E-state index contributed by atoms with van der Waals surface area (Å²) >= 11 is 0. The van der Waals surface area contributed by atoms with Gasteiger partial charge in [-0.3, -0.25) is 24.2 Å². The molecule has 0 aromatic heterocycles. The second kappa shape index (κ2) is 9.65. The first-order valence-electron chi connectivity index (χ1n) is 11.5. The lowest BCUT2D eigenvalue weighted by atomic mass is 10.0. The van der Waals surface area contributed by atoms with Gasteiger partial charge in [-0.15, -0.1) is 0 Å². The molecule has 0 aliphatic carbocycles. The molecule has 1 N–H and O–H groups in total. The molecular formula is C26H31N3O3. The first-order valence-corrected chi connectivity index (χ1v) is 11.5. The monoisotopic (exact) mass is 433 g/mol. The standard InChI is InChI=1S/C26H31N3O3/c1-18(2)23(29-25(31)21-8-4-5-9-22(21)26(29)32)24(30)27-16-19-10-12-20(13-11-19)17-28-14-6-3-7-15-28/h4-5,8-13,18,23H,3,6-7,14-17H2,1-2H3,(H,27,30)/t23-/m0/s1. The Hall–Kier alpha value is -2.99. The lowest BCUT2D eigenvalue weighted by Gasteiger charge is -2.28. The van der Waals surface area contributed by atoms with Crippen molar-refractivity contribution >= 4 is 17.7 Å². The van der Waals surface area contributed by atoms with Gasteiger partial charge in [-0.2, -0.15) is 0 Å². The fraction of sp³-hybridized carbons (Fsp3) is 0.423. The van der Waals surface area contributed by atoms with E-state index in [-0.39, 0.29) is 11.8 Å². The molecule has 2 aromatic carbocycles. The number of amides is 3. The summed E-state index contributed by atoms with van der Waals surface area (Å²) in [6.45, 7) is 7.34. The normalized spacial score (nSPS) is 17.5. The molecule has 1 saturated heterocycles. The van der Waals surface area contributed by atoms with E-state index >= 15 is 0 Å². The van der Waals surface area contributed by atoms with Gasteiger partial charge in [0, 0.05) is 13.1 Å². The number of hydrogen-bond donors (Lipinski definition) is 1. The lowest BCUT2D eigenvalue weighted by Crippen LogP contribution is -2.52. The zero-order chi connectivity index (χ0) is 22.7. The minimum atomic E-state index is -0.847. The molecule has 0 radical (unpaired) electrons. The maximum atomic E-state index is 13.1. The first-order chi connectivity index (χ1) is 15.5. The van der Waals surface area contributed by atoms with Crippen LogP contribution in [0.3, 0.4) is 0 Å². The molecule has 6 heteroatoms. The summed E-state index contributed by atoms with van der Waals surface area (Å²) in [6, 6.07) is 14.2. The van der Waals surface area contributed by atoms with Crippen LogP contribution in [-0.2, 0) is 17.9 Å². The highest BCUT2D eigenvalue weighted by molar-refractivity contribution is 6.22. The highest BCUT2D eigenvalue weighted by Gasteiger charge is 2.43. The number of benzene rings is 2. The van der Waals surface area contributed by atoms with Crippen molar-refractivity contribution < 1.29 is 14.4 Å². The number of likely N-dealkylation sites (tertiary alicyclic amines) is 1. The third kappa shape index (κ3) is 4.60. The third-order valence-electron chi connectivity index (χ3n) is 6.35. The van der Waals surface area contributed by atoms with Gasteiger partial charge >= 0.3 is 0 Å². The predicted molar refractivity (Wildman–Crippen MR) is 123 cm³/mol. The van der Waals surface area contributed by atoms with Gasteiger partial charge in [0.05, 0.1) is 11.1 Å². The Morgan fingerprint density at radius 1 is 0.875 bits per heavy atom. The van der Waals surface area contributed by atoms with E-state index in [9.17, 15) is 14.4 Å². The van der Waals surface area contributed by atoms with Crippen LogP contribution in [0.15, 0.2) is 48.5 Å². The fourth-order valence-electron chi connectivity index (χ4n) is 4.61. The van der Waals surface area contributed by atoms with Crippen molar-refractivity contribution in [2.75, 3.05) is 13.1 Å². The summed E-state index contributed by atoms with van der Waals surface area (Å²) in [5.74, 6) is -1.32. The summed E-state index contributed by atoms with van der Waals surface area (Å²) in [7, 11) is 0. The van der Waals surface area contributed by atoms with Crippen LogP contribution in [0.25, 0.3) is 0 Å². The molecule has 4 rings (SSSR count). The van der Waals surface area contributed by atoms with Crippen LogP contribution in [-0.4, -0.2) is 46.7 Å². The fourth-order valence-corrected chi connectivity index (χ4v) is 4.61. The van der Waals surface area contributed by atoms with Crippen molar-refractivity contribution in [1.82, 2.24) is 15.1 Å². The van der Waals surface area contributed by atoms with Crippen LogP contribution < -0.4 is 5.32 Å². The van der Waals surface area contributed by atoms with Crippen LogP contribution in [0.5, 0.6) is 0 Å². The Bertz CT molecular complexity index is 959. The number of nitrogens with one attached hydrogen (secondary N) is 1. The van der Waals surface area contributed by atoms with Crippen molar-refractivity contribution in [3.05, 3.63) is 70.8 Å². The maximum absolute atomic E-state index is 13.1. The van der Waals surface area contributed by atoms with E-state index in [1.807, 2.05) is 26.0 Å². The number of imide groups is 1. The minimum Gasteiger partial charge on any atom is -0.350 e. The zero-order valence-electron chi connectivity index (χ0n) is 18.8. The Morgan fingerprint density at radius 2 is 1.44 bits per heavy atom. The van der Waals surface area contributed by atoms with E-state index in [0.29, 0.717) is 17.7 Å². The van der Waals surface area contributed by atoms with Gasteiger partial charge in [0.25, 0.3) is 11.8 Å². The Morgan fingerprint density at radius 3 is 2.00 bits per heavy atom. The third-order valence-corrected chi connectivity index (χ3v) is 6.35. The maximum Gasteiger partial charge on any atom is 0.262 e. The van der Waals surface area contributed by atoms with Crippen molar-refractivity contribution in [2.24, 2.45) is 5.92 Å². The van der Waals surface area contributed by atoms with Gasteiger partial charge in [-0.1, -0.05) is 56.7 Å². The molecule has 0 spiro atoms. The molecule has 0 bridgehead atoms. The topological polar surface area (TPSA) is 69.7 Å². The van der Waals surface area contributed by atoms with Gasteiger partial charge < -0.3 is 5.32 Å². The summed E-state index contributed by atoms with van der Waals surface area (Å²) < 4.78 is 0. The molecule has 0 unspecified atom stereocenters. The number of carbonyl (C=O) groups excluding carboxylic acids is 3. The summed E-state index contributed by atoms with van der Waals surface area (Å²) in [5, 5.41) is 2.93. The van der Waals surface area contributed by atoms with E-state index in [2.05, 4.69) is 22.3 Å². The SMILES string of the molecule is CC(C)[C@@H](C(=O)NCc1ccc(CN2CCCCC2)cc1)N1C(=O)c2ccccc2C1=O. The summed E-state index contributed by atoms with van der Waals surface area (Å²) in [5.41, 5.74) is 2.99. The van der Waals surface area contributed by atoms with Gasteiger partial charge in [-0.05, 0) is 55.1 Å². The molecule has 32 heavy (non-hydrogen) atoms. The number of carbonyl (C=O) groups is 3. The van der Waals surface area contributed by atoms with Crippen LogP contribution in [0.2, 0.25) is 0 Å². The number of piperidine rings is 1. The Balaban J connectivity index is 1.39. The van der Waals surface area contributed by atoms with E-state index in [1.165, 1.54) is 24.8 Å². The molecule has 0 saturated carbocycles. The largest absolute Gasteiger partial charge is 0.350 e. The average Bonchev–Trinajstić information content (AvgIpc) is 3.05. The molecule has 3 amide bonds. The number of fused-ring (bicyclic) bond motifs is 1.